The van der Waals surface area contributed by atoms with E-state index in [1.807, 2.05) is 0 Å². The van der Waals surface area contributed by atoms with Crippen molar-refractivity contribution in [2.45, 2.75) is 0 Å². The predicted molar refractivity (Wildman–Crippen MR) is 60.8 cm³/mol. The molecular formula is C11H17NO4. The van der Waals surface area contributed by atoms with Gasteiger partial charge in [-0.05, 0) is 12.1 Å². The van der Waals surface area contributed by atoms with E-state index in [2.05, 4.69) is 0 Å². The van der Waals surface area contributed by atoms with Crippen LogP contribution in [0.25, 0.3) is 0 Å². The topological polar surface area (TPSA) is 73.9 Å². The standard InChI is InChI=1S/C11H17NO4/c1-14-9-2-3-11(10(12)8-9)16-7-6-15-5-4-13/h2-3,8,13H,4-7,12H2,1H3. The normalized spacial score (nSPS) is 10.1. The molecule has 0 fully saturated rings. The van der Waals surface area contributed by atoms with E-state index < -0.39 is 0 Å². The number of aliphatic hydroxyl groups is 1. The van der Waals surface area contributed by atoms with Gasteiger partial charge >= 0.3 is 0 Å². The molecule has 1 rings (SSSR count). The number of nitrogens with two attached hydrogens (primary N) is 1. The first-order chi connectivity index (χ1) is 7.77. The van der Waals surface area contributed by atoms with Crippen molar-refractivity contribution < 1.29 is 19.3 Å². The van der Waals surface area contributed by atoms with Crippen molar-refractivity contribution in [3.63, 3.8) is 0 Å². The van der Waals surface area contributed by atoms with Crippen LogP contribution in [0.15, 0.2) is 18.2 Å². The van der Waals surface area contributed by atoms with Crippen LogP contribution in [0, 0.1) is 0 Å². The molecule has 3 N–H and O–H groups in total. The van der Waals surface area contributed by atoms with Crippen LogP contribution in [0.5, 0.6) is 11.5 Å². The largest absolute Gasteiger partial charge is 0.497 e. The smallest absolute Gasteiger partial charge is 0.142 e. The first kappa shape index (κ1) is 12.6. The molecule has 1 aromatic rings. The number of rotatable bonds is 7. The van der Waals surface area contributed by atoms with Crippen LogP contribution in [-0.4, -0.2) is 38.6 Å². The van der Waals surface area contributed by atoms with Crippen molar-refractivity contribution in [2.24, 2.45) is 0 Å². The zero-order chi connectivity index (χ0) is 11.8. The van der Waals surface area contributed by atoms with Crippen molar-refractivity contribution in [3.05, 3.63) is 18.2 Å². The van der Waals surface area contributed by atoms with Crippen molar-refractivity contribution in [2.75, 3.05) is 39.3 Å². The summed E-state index contributed by atoms with van der Waals surface area (Å²) in [5.41, 5.74) is 6.28. The van der Waals surface area contributed by atoms with E-state index in [1.165, 1.54) is 0 Å². The van der Waals surface area contributed by atoms with Gasteiger partial charge in [0.1, 0.15) is 18.1 Å². The van der Waals surface area contributed by atoms with Gasteiger partial charge in [-0.1, -0.05) is 0 Å². The molecule has 0 atom stereocenters. The van der Waals surface area contributed by atoms with Gasteiger partial charge in [0, 0.05) is 6.07 Å². The van der Waals surface area contributed by atoms with E-state index >= 15 is 0 Å². The van der Waals surface area contributed by atoms with Crippen LogP contribution in [0.1, 0.15) is 0 Å². The summed E-state index contributed by atoms with van der Waals surface area (Å²) in [7, 11) is 1.58. The summed E-state index contributed by atoms with van der Waals surface area (Å²) in [6.07, 6.45) is 0. The van der Waals surface area contributed by atoms with Gasteiger partial charge in [-0.25, -0.2) is 0 Å². The minimum Gasteiger partial charge on any atom is -0.497 e. The number of methoxy groups -OCH3 is 1. The van der Waals surface area contributed by atoms with Crippen LogP contribution in [0.2, 0.25) is 0 Å². The van der Waals surface area contributed by atoms with Gasteiger partial charge in [-0.15, -0.1) is 0 Å². The lowest BCUT2D eigenvalue weighted by atomic mass is 10.3. The minimum absolute atomic E-state index is 0.0185. The quantitative estimate of drug-likeness (QED) is 0.529. The summed E-state index contributed by atoms with van der Waals surface area (Å²) in [5.74, 6) is 1.30. The van der Waals surface area contributed by atoms with E-state index in [4.69, 9.17) is 25.1 Å². The molecule has 0 spiro atoms. The van der Waals surface area contributed by atoms with Crippen molar-refractivity contribution in [1.82, 2.24) is 0 Å². The highest BCUT2D eigenvalue weighted by Crippen LogP contribution is 2.25. The number of benzene rings is 1. The van der Waals surface area contributed by atoms with Crippen molar-refractivity contribution in [1.29, 1.82) is 0 Å². The molecule has 0 bridgehead atoms. The molecule has 0 aliphatic carbocycles. The van der Waals surface area contributed by atoms with E-state index in [-0.39, 0.29) is 6.61 Å². The van der Waals surface area contributed by atoms with Crippen LogP contribution in [-0.2, 0) is 4.74 Å². The number of ether oxygens (including phenoxy) is 3. The fraction of sp³-hybridized carbons (Fsp3) is 0.455. The lowest BCUT2D eigenvalue weighted by molar-refractivity contribution is 0.0707. The summed E-state index contributed by atoms with van der Waals surface area (Å²) in [5, 5.41) is 8.48. The highest BCUT2D eigenvalue weighted by molar-refractivity contribution is 5.56. The molecular weight excluding hydrogens is 210 g/mol. The monoisotopic (exact) mass is 227 g/mol. The molecule has 0 aliphatic rings. The number of nitrogen functional groups attached to an aromatic ring is 1. The molecule has 0 heterocycles. The third-order valence-corrected chi connectivity index (χ3v) is 1.94. The summed E-state index contributed by atoms with van der Waals surface area (Å²) in [4.78, 5) is 0. The van der Waals surface area contributed by atoms with Gasteiger partial charge in [0.15, 0.2) is 0 Å². The van der Waals surface area contributed by atoms with Gasteiger partial charge in [0.25, 0.3) is 0 Å². The third-order valence-electron chi connectivity index (χ3n) is 1.94. The molecule has 90 valence electrons. The fourth-order valence-electron chi connectivity index (χ4n) is 1.16. The minimum atomic E-state index is 0.0185. The predicted octanol–water partition coefficient (Wildman–Crippen LogP) is 0.665. The zero-order valence-corrected chi connectivity index (χ0v) is 9.31. The Bertz CT molecular complexity index is 317. The zero-order valence-electron chi connectivity index (χ0n) is 9.31. The molecule has 0 radical (unpaired) electrons. The number of anilines is 1. The fourth-order valence-corrected chi connectivity index (χ4v) is 1.16. The summed E-state index contributed by atoms with van der Waals surface area (Å²) in [6.45, 7) is 1.16. The maximum absolute atomic E-state index is 8.48. The Morgan fingerprint density at radius 2 is 2.06 bits per heavy atom. The molecule has 0 saturated heterocycles. The van der Waals surface area contributed by atoms with E-state index in [0.29, 0.717) is 37.0 Å². The summed E-state index contributed by atoms with van der Waals surface area (Å²) >= 11 is 0. The highest BCUT2D eigenvalue weighted by Gasteiger charge is 2.01. The SMILES string of the molecule is COc1ccc(OCCOCCO)c(N)c1. The van der Waals surface area contributed by atoms with Crippen LogP contribution in [0.3, 0.4) is 0 Å². The maximum Gasteiger partial charge on any atom is 0.142 e. The highest BCUT2D eigenvalue weighted by atomic mass is 16.5. The van der Waals surface area contributed by atoms with Gasteiger partial charge in [-0.3, -0.25) is 0 Å². The number of aliphatic hydroxyl groups excluding tert-OH is 1. The molecule has 0 aromatic heterocycles. The lowest BCUT2D eigenvalue weighted by Gasteiger charge is -2.10. The second-order valence-electron chi connectivity index (χ2n) is 3.09. The van der Waals surface area contributed by atoms with Gasteiger partial charge in [0.05, 0.1) is 32.6 Å². The molecule has 5 heteroatoms. The average molecular weight is 227 g/mol. The van der Waals surface area contributed by atoms with E-state index in [0.717, 1.165) is 0 Å². The van der Waals surface area contributed by atoms with Crippen LogP contribution in [0.4, 0.5) is 5.69 Å². The average Bonchev–Trinajstić information content (AvgIpc) is 2.30. The molecule has 0 saturated carbocycles. The van der Waals surface area contributed by atoms with Gasteiger partial charge in [-0.2, -0.15) is 0 Å². The molecule has 16 heavy (non-hydrogen) atoms. The Balaban J connectivity index is 2.36. The van der Waals surface area contributed by atoms with Gasteiger partial charge in [0.2, 0.25) is 0 Å². The van der Waals surface area contributed by atoms with Crippen molar-refractivity contribution >= 4 is 5.69 Å². The Morgan fingerprint density at radius 1 is 1.25 bits per heavy atom. The van der Waals surface area contributed by atoms with E-state index in [1.54, 1.807) is 25.3 Å². The summed E-state index contributed by atoms with van der Waals surface area (Å²) in [6, 6.07) is 5.23. The molecule has 5 nitrogen and oxygen atoms in total. The third kappa shape index (κ3) is 3.96. The first-order valence-electron chi connectivity index (χ1n) is 5.03. The first-order valence-corrected chi connectivity index (χ1v) is 5.03. The maximum atomic E-state index is 8.48. The van der Waals surface area contributed by atoms with Crippen LogP contribution < -0.4 is 15.2 Å². The Morgan fingerprint density at radius 3 is 2.69 bits per heavy atom. The lowest BCUT2D eigenvalue weighted by Crippen LogP contribution is -2.09. The Labute approximate surface area is 94.7 Å². The second-order valence-corrected chi connectivity index (χ2v) is 3.09. The van der Waals surface area contributed by atoms with Gasteiger partial charge < -0.3 is 25.1 Å². The molecule has 1 aromatic carbocycles. The van der Waals surface area contributed by atoms with E-state index in [9.17, 15) is 0 Å². The Kier molecular flexibility index (Phi) is 5.45. The van der Waals surface area contributed by atoms with Crippen LogP contribution >= 0.6 is 0 Å². The number of hydrogen-bond acceptors (Lipinski definition) is 5. The second kappa shape index (κ2) is 6.92. The molecule has 0 aliphatic heterocycles. The number of hydrogen-bond donors (Lipinski definition) is 2. The molecule has 0 amide bonds. The molecule has 0 unspecified atom stereocenters. The summed E-state index contributed by atoms with van der Waals surface area (Å²) < 4.78 is 15.5. The Hall–Kier alpha value is -1.46. The van der Waals surface area contributed by atoms with Crippen molar-refractivity contribution in [3.8, 4) is 11.5 Å².